The highest BCUT2D eigenvalue weighted by molar-refractivity contribution is 7.11. The molecule has 2 rings (SSSR count). The number of anilines is 1. The van der Waals surface area contributed by atoms with Crippen molar-refractivity contribution in [3.63, 3.8) is 0 Å². The van der Waals surface area contributed by atoms with Crippen LogP contribution < -0.4 is 4.90 Å². The zero-order chi connectivity index (χ0) is 12.8. The first-order valence-electron chi connectivity index (χ1n) is 6.26. The van der Waals surface area contributed by atoms with Gasteiger partial charge < -0.3 is 4.90 Å². The van der Waals surface area contributed by atoms with Gasteiger partial charge in [0.05, 0.1) is 5.69 Å². The van der Waals surface area contributed by atoms with Gasteiger partial charge in [0.25, 0.3) is 0 Å². The van der Waals surface area contributed by atoms with Crippen LogP contribution in [0.25, 0.3) is 0 Å². The van der Waals surface area contributed by atoms with Crippen molar-refractivity contribution in [3.8, 4) is 0 Å². The molecule has 1 heterocycles. The number of aliphatic imine (C=N–C) groups is 1. The van der Waals surface area contributed by atoms with Crippen LogP contribution in [0, 0.1) is 0 Å². The van der Waals surface area contributed by atoms with Crippen molar-refractivity contribution < 1.29 is 0 Å². The highest BCUT2D eigenvalue weighted by atomic mass is 32.1. The third kappa shape index (κ3) is 3.20. The number of hydrogen-bond donors (Lipinski definition) is 0. The highest BCUT2D eigenvalue weighted by Gasteiger charge is 2.00. The lowest BCUT2D eigenvalue weighted by atomic mass is 10.2. The molecule has 0 saturated carbocycles. The smallest absolute Gasteiger partial charge is 0.0631 e. The van der Waals surface area contributed by atoms with Gasteiger partial charge in [-0.25, -0.2) is 0 Å². The Kier molecular flexibility index (Phi) is 4.53. The molecule has 0 spiro atoms. The first kappa shape index (κ1) is 12.8. The van der Waals surface area contributed by atoms with E-state index in [9.17, 15) is 0 Å². The second-order valence-corrected chi connectivity index (χ2v) is 4.94. The Labute approximate surface area is 113 Å². The molecular weight excluding hydrogens is 240 g/mol. The van der Waals surface area contributed by atoms with Crippen molar-refractivity contribution in [2.75, 3.05) is 18.0 Å². The van der Waals surface area contributed by atoms with Crippen LogP contribution in [0.3, 0.4) is 0 Å². The summed E-state index contributed by atoms with van der Waals surface area (Å²) in [6.45, 7) is 6.42. The lowest BCUT2D eigenvalue weighted by molar-refractivity contribution is 0.866. The van der Waals surface area contributed by atoms with E-state index in [1.807, 2.05) is 12.3 Å². The fourth-order valence-electron chi connectivity index (χ4n) is 1.84. The van der Waals surface area contributed by atoms with Crippen molar-refractivity contribution in [1.82, 2.24) is 0 Å². The molecule has 0 fully saturated rings. The van der Waals surface area contributed by atoms with E-state index in [0.717, 1.165) is 18.8 Å². The van der Waals surface area contributed by atoms with Gasteiger partial charge in [-0.15, -0.1) is 11.3 Å². The molecule has 0 unspecified atom stereocenters. The van der Waals surface area contributed by atoms with Crippen molar-refractivity contribution >= 4 is 28.9 Å². The molecule has 2 nitrogen and oxygen atoms in total. The summed E-state index contributed by atoms with van der Waals surface area (Å²) in [7, 11) is 0. The van der Waals surface area contributed by atoms with Crippen LogP contribution >= 0.6 is 11.3 Å². The highest BCUT2D eigenvalue weighted by Crippen LogP contribution is 2.19. The van der Waals surface area contributed by atoms with Crippen molar-refractivity contribution in [3.05, 3.63) is 46.7 Å². The number of rotatable bonds is 5. The van der Waals surface area contributed by atoms with Gasteiger partial charge in [0.15, 0.2) is 0 Å². The van der Waals surface area contributed by atoms with Gasteiger partial charge in [-0.05, 0) is 49.6 Å². The third-order valence-corrected chi connectivity index (χ3v) is 3.67. The minimum absolute atomic E-state index is 0.999. The molecule has 0 saturated heterocycles. The van der Waals surface area contributed by atoms with Crippen LogP contribution in [0.15, 0.2) is 46.8 Å². The molecule has 18 heavy (non-hydrogen) atoms. The molecule has 0 bridgehead atoms. The maximum atomic E-state index is 4.47. The molecular formula is C15H18N2S. The van der Waals surface area contributed by atoms with Gasteiger partial charge in [-0.1, -0.05) is 6.07 Å². The maximum Gasteiger partial charge on any atom is 0.0631 e. The largest absolute Gasteiger partial charge is 0.372 e. The molecule has 0 aliphatic heterocycles. The van der Waals surface area contributed by atoms with Crippen LogP contribution in [0.5, 0.6) is 0 Å². The monoisotopic (exact) mass is 258 g/mol. The normalized spacial score (nSPS) is 11.0. The Morgan fingerprint density at radius 2 is 1.83 bits per heavy atom. The average Bonchev–Trinajstić information content (AvgIpc) is 2.92. The second-order valence-electron chi connectivity index (χ2n) is 3.96. The zero-order valence-corrected chi connectivity index (χ0v) is 11.7. The number of benzene rings is 1. The lowest BCUT2D eigenvalue weighted by Gasteiger charge is -2.20. The van der Waals surface area contributed by atoms with Crippen LogP contribution in [0.4, 0.5) is 11.4 Å². The predicted octanol–water partition coefficient (Wildman–Crippen LogP) is 4.34. The first-order chi connectivity index (χ1) is 8.83. The van der Waals surface area contributed by atoms with E-state index < -0.39 is 0 Å². The zero-order valence-electron chi connectivity index (χ0n) is 10.8. The SMILES string of the molecule is CCN(CC)c1ccc(N=Cc2cccs2)cc1. The standard InChI is InChI=1S/C15H18N2S/c1-3-17(4-2)14-9-7-13(8-10-14)16-12-15-6-5-11-18-15/h5-12H,3-4H2,1-2H3. The summed E-state index contributed by atoms with van der Waals surface area (Å²) in [5, 5.41) is 2.06. The molecule has 0 aliphatic rings. The van der Waals surface area contributed by atoms with Gasteiger partial charge in [-0.3, -0.25) is 4.99 Å². The fourth-order valence-corrected chi connectivity index (χ4v) is 2.43. The van der Waals surface area contributed by atoms with Gasteiger partial charge in [-0.2, -0.15) is 0 Å². The molecule has 0 amide bonds. The molecule has 0 N–H and O–H groups in total. The summed E-state index contributed by atoms with van der Waals surface area (Å²) in [5.74, 6) is 0. The van der Waals surface area contributed by atoms with Gasteiger partial charge in [0, 0.05) is 29.9 Å². The van der Waals surface area contributed by atoms with E-state index in [-0.39, 0.29) is 0 Å². The topological polar surface area (TPSA) is 15.6 Å². The molecule has 3 heteroatoms. The first-order valence-corrected chi connectivity index (χ1v) is 7.14. The molecule has 94 valence electrons. The van der Waals surface area contributed by atoms with E-state index >= 15 is 0 Å². The summed E-state index contributed by atoms with van der Waals surface area (Å²) >= 11 is 1.70. The predicted molar refractivity (Wildman–Crippen MR) is 81.6 cm³/mol. The summed E-state index contributed by atoms with van der Waals surface area (Å²) in [6.07, 6.45) is 1.91. The second kappa shape index (κ2) is 6.36. The number of nitrogens with zero attached hydrogens (tertiary/aromatic N) is 2. The van der Waals surface area contributed by atoms with Crippen LogP contribution in [-0.4, -0.2) is 19.3 Å². The molecule has 0 atom stereocenters. The summed E-state index contributed by atoms with van der Waals surface area (Å²) in [4.78, 5) is 7.98. The van der Waals surface area contributed by atoms with Crippen molar-refractivity contribution in [2.45, 2.75) is 13.8 Å². The van der Waals surface area contributed by atoms with E-state index in [2.05, 4.69) is 59.5 Å². The summed E-state index contributed by atoms with van der Waals surface area (Å²) in [6, 6.07) is 12.5. The Balaban J connectivity index is 2.08. The van der Waals surface area contributed by atoms with E-state index in [1.165, 1.54) is 10.6 Å². The van der Waals surface area contributed by atoms with Gasteiger partial charge in [0.1, 0.15) is 0 Å². The van der Waals surface area contributed by atoms with Gasteiger partial charge in [0.2, 0.25) is 0 Å². The lowest BCUT2D eigenvalue weighted by Crippen LogP contribution is -2.21. The summed E-state index contributed by atoms with van der Waals surface area (Å²) < 4.78 is 0. The minimum Gasteiger partial charge on any atom is -0.372 e. The average molecular weight is 258 g/mol. The Bertz CT molecular complexity index is 482. The van der Waals surface area contributed by atoms with E-state index in [4.69, 9.17) is 0 Å². The summed E-state index contributed by atoms with van der Waals surface area (Å²) in [5.41, 5.74) is 2.26. The molecule has 0 radical (unpaired) electrons. The van der Waals surface area contributed by atoms with Crippen molar-refractivity contribution in [2.24, 2.45) is 4.99 Å². The maximum absolute atomic E-state index is 4.47. The van der Waals surface area contributed by atoms with Crippen LogP contribution in [0.2, 0.25) is 0 Å². The number of hydrogen-bond acceptors (Lipinski definition) is 3. The third-order valence-electron chi connectivity index (χ3n) is 2.86. The number of thiophene rings is 1. The van der Waals surface area contributed by atoms with E-state index in [0.29, 0.717) is 0 Å². The molecule has 2 aromatic rings. The Hall–Kier alpha value is -1.61. The molecule has 1 aromatic carbocycles. The van der Waals surface area contributed by atoms with Crippen LogP contribution in [0.1, 0.15) is 18.7 Å². The Morgan fingerprint density at radius 1 is 1.11 bits per heavy atom. The minimum atomic E-state index is 0.999. The Morgan fingerprint density at radius 3 is 2.39 bits per heavy atom. The van der Waals surface area contributed by atoms with Crippen molar-refractivity contribution in [1.29, 1.82) is 0 Å². The molecule has 1 aromatic heterocycles. The quantitative estimate of drug-likeness (QED) is 0.728. The van der Waals surface area contributed by atoms with E-state index in [1.54, 1.807) is 11.3 Å². The van der Waals surface area contributed by atoms with Crippen LogP contribution in [-0.2, 0) is 0 Å². The van der Waals surface area contributed by atoms with Gasteiger partial charge >= 0.3 is 0 Å². The molecule has 0 aliphatic carbocycles. The fraction of sp³-hybridized carbons (Fsp3) is 0.267.